The van der Waals surface area contributed by atoms with E-state index in [1.807, 2.05) is 25.2 Å². The van der Waals surface area contributed by atoms with Crippen molar-refractivity contribution in [1.29, 1.82) is 5.26 Å². The molecule has 116 valence electrons. The Labute approximate surface area is 135 Å². The third-order valence-corrected chi connectivity index (χ3v) is 3.37. The van der Waals surface area contributed by atoms with E-state index < -0.39 is 0 Å². The molecule has 0 aliphatic carbocycles. The molecule has 0 aromatic carbocycles. The summed E-state index contributed by atoms with van der Waals surface area (Å²) in [7, 11) is 0. The van der Waals surface area contributed by atoms with Crippen molar-refractivity contribution in [2.45, 2.75) is 12.7 Å². The summed E-state index contributed by atoms with van der Waals surface area (Å²) in [6.45, 7) is 3.47. The summed E-state index contributed by atoms with van der Waals surface area (Å²) in [5, 5.41) is 13.9. The van der Waals surface area contributed by atoms with E-state index in [0.717, 1.165) is 22.9 Å². The van der Waals surface area contributed by atoms with E-state index in [9.17, 15) is 0 Å². The van der Waals surface area contributed by atoms with Gasteiger partial charge in [-0.2, -0.15) is 17.0 Å². The number of guanidine groups is 1. The molecule has 0 unspecified atom stereocenters. The second-order valence-corrected chi connectivity index (χ2v) is 5.06. The van der Waals surface area contributed by atoms with Crippen molar-refractivity contribution < 1.29 is 4.74 Å². The number of ether oxygens (including phenoxy) is 1. The van der Waals surface area contributed by atoms with Crippen LogP contribution in [0.3, 0.4) is 0 Å². The number of terminal acetylenes is 1. The summed E-state index contributed by atoms with van der Waals surface area (Å²) in [5.74, 6) is 5.21. The SMILES string of the molecule is C#CCNC(=NCCSCc1ncccc1OCC)NC#N. The highest BCUT2D eigenvalue weighted by Crippen LogP contribution is 2.20. The summed E-state index contributed by atoms with van der Waals surface area (Å²) < 4.78 is 5.53. The minimum Gasteiger partial charge on any atom is -0.492 e. The van der Waals surface area contributed by atoms with Gasteiger partial charge in [0, 0.05) is 17.7 Å². The number of aromatic nitrogens is 1. The van der Waals surface area contributed by atoms with Gasteiger partial charge in [0.25, 0.3) is 0 Å². The van der Waals surface area contributed by atoms with Gasteiger partial charge in [-0.05, 0) is 19.1 Å². The zero-order valence-electron chi connectivity index (χ0n) is 12.5. The summed E-state index contributed by atoms with van der Waals surface area (Å²) in [4.78, 5) is 8.57. The van der Waals surface area contributed by atoms with Crippen molar-refractivity contribution in [2.75, 3.05) is 25.4 Å². The van der Waals surface area contributed by atoms with Crippen LogP contribution in [0.2, 0.25) is 0 Å². The number of pyridine rings is 1. The molecule has 0 radical (unpaired) electrons. The van der Waals surface area contributed by atoms with Gasteiger partial charge in [0.1, 0.15) is 5.75 Å². The molecule has 0 saturated heterocycles. The Hall–Kier alpha value is -2.38. The number of nitrogens with zero attached hydrogens (tertiary/aromatic N) is 3. The molecule has 7 heteroatoms. The van der Waals surface area contributed by atoms with Gasteiger partial charge in [-0.1, -0.05) is 5.92 Å². The fourth-order valence-corrected chi connectivity index (χ4v) is 2.31. The van der Waals surface area contributed by atoms with Crippen molar-refractivity contribution >= 4 is 17.7 Å². The molecular weight excluding hydrogens is 298 g/mol. The first-order valence-electron chi connectivity index (χ1n) is 6.83. The van der Waals surface area contributed by atoms with Crippen LogP contribution in [-0.4, -0.2) is 36.4 Å². The van der Waals surface area contributed by atoms with E-state index in [2.05, 4.69) is 26.5 Å². The number of hydrogen-bond acceptors (Lipinski definition) is 5. The Kier molecular flexibility index (Phi) is 9.07. The minimum atomic E-state index is 0.326. The van der Waals surface area contributed by atoms with Crippen LogP contribution in [0, 0.1) is 23.8 Å². The van der Waals surface area contributed by atoms with Crippen molar-refractivity contribution in [2.24, 2.45) is 4.99 Å². The van der Waals surface area contributed by atoms with Crippen LogP contribution in [0.5, 0.6) is 5.75 Å². The Morgan fingerprint density at radius 3 is 3.18 bits per heavy atom. The molecule has 0 bridgehead atoms. The predicted molar refractivity (Wildman–Crippen MR) is 89.5 cm³/mol. The van der Waals surface area contributed by atoms with Gasteiger partial charge >= 0.3 is 0 Å². The molecule has 0 saturated carbocycles. The Morgan fingerprint density at radius 2 is 2.45 bits per heavy atom. The molecule has 0 aliphatic heterocycles. The number of nitrogens with one attached hydrogen (secondary N) is 2. The zero-order chi connectivity index (χ0) is 16.0. The number of thioether (sulfide) groups is 1. The highest BCUT2D eigenvalue weighted by Gasteiger charge is 2.04. The fraction of sp³-hybridized carbons (Fsp3) is 0.400. The van der Waals surface area contributed by atoms with E-state index >= 15 is 0 Å². The van der Waals surface area contributed by atoms with Crippen LogP contribution in [0.25, 0.3) is 0 Å². The Bertz CT molecular complexity index is 562. The number of hydrogen-bond donors (Lipinski definition) is 2. The highest BCUT2D eigenvalue weighted by molar-refractivity contribution is 7.98. The van der Waals surface area contributed by atoms with Crippen molar-refractivity contribution in [1.82, 2.24) is 15.6 Å². The molecule has 6 nitrogen and oxygen atoms in total. The third-order valence-electron chi connectivity index (χ3n) is 2.42. The maximum absolute atomic E-state index is 8.61. The van der Waals surface area contributed by atoms with E-state index in [0.29, 0.717) is 25.7 Å². The lowest BCUT2D eigenvalue weighted by atomic mass is 10.3. The molecule has 0 spiro atoms. The van der Waals surface area contributed by atoms with E-state index in [-0.39, 0.29) is 0 Å². The number of aliphatic imine (C=N–C) groups is 1. The molecule has 0 aliphatic rings. The maximum Gasteiger partial charge on any atom is 0.205 e. The minimum absolute atomic E-state index is 0.326. The first kappa shape index (κ1) is 17.7. The van der Waals surface area contributed by atoms with Crippen LogP contribution in [0.4, 0.5) is 0 Å². The van der Waals surface area contributed by atoms with E-state index in [1.54, 1.807) is 18.0 Å². The van der Waals surface area contributed by atoms with Gasteiger partial charge in [0.2, 0.25) is 5.96 Å². The second-order valence-electron chi connectivity index (χ2n) is 3.96. The Balaban J connectivity index is 2.38. The van der Waals surface area contributed by atoms with Crippen molar-refractivity contribution in [3.8, 4) is 24.3 Å². The van der Waals surface area contributed by atoms with Gasteiger partial charge in [-0.25, -0.2) is 0 Å². The normalized spacial score (nSPS) is 10.4. The summed E-state index contributed by atoms with van der Waals surface area (Å²) >= 11 is 1.70. The van der Waals surface area contributed by atoms with Crippen LogP contribution in [0.1, 0.15) is 12.6 Å². The van der Waals surface area contributed by atoms with Gasteiger partial charge in [-0.3, -0.25) is 15.3 Å². The molecule has 0 amide bonds. The molecule has 0 fully saturated rings. The Morgan fingerprint density at radius 1 is 1.59 bits per heavy atom. The average Bonchev–Trinajstić information content (AvgIpc) is 2.54. The number of nitriles is 1. The van der Waals surface area contributed by atoms with Crippen molar-refractivity contribution in [3.05, 3.63) is 24.0 Å². The molecule has 1 rings (SSSR count). The highest BCUT2D eigenvalue weighted by atomic mass is 32.2. The molecule has 1 heterocycles. The largest absolute Gasteiger partial charge is 0.492 e. The molecule has 22 heavy (non-hydrogen) atoms. The first-order valence-corrected chi connectivity index (χ1v) is 7.98. The zero-order valence-corrected chi connectivity index (χ0v) is 13.3. The summed E-state index contributed by atoms with van der Waals surface area (Å²) in [6.07, 6.45) is 8.73. The second kappa shape index (κ2) is 11.3. The lowest BCUT2D eigenvalue weighted by molar-refractivity contribution is 0.336. The molecule has 2 N–H and O–H groups in total. The molecule has 1 aromatic heterocycles. The van der Waals surface area contributed by atoms with E-state index in [1.165, 1.54) is 0 Å². The topological polar surface area (TPSA) is 82.3 Å². The quantitative estimate of drug-likeness (QED) is 0.188. The van der Waals surface area contributed by atoms with Crippen LogP contribution >= 0.6 is 11.8 Å². The maximum atomic E-state index is 8.61. The molecular formula is C15H19N5OS. The predicted octanol–water partition coefficient (Wildman–Crippen LogP) is 1.36. The summed E-state index contributed by atoms with van der Waals surface area (Å²) in [6, 6.07) is 3.78. The molecule has 1 aromatic rings. The lowest BCUT2D eigenvalue weighted by Gasteiger charge is -2.08. The van der Waals surface area contributed by atoms with Gasteiger partial charge in [-0.15, -0.1) is 6.42 Å². The first-order chi connectivity index (χ1) is 10.8. The van der Waals surface area contributed by atoms with Crippen LogP contribution in [0.15, 0.2) is 23.3 Å². The lowest BCUT2D eigenvalue weighted by Crippen LogP contribution is -2.34. The van der Waals surface area contributed by atoms with Crippen LogP contribution < -0.4 is 15.4 Å². The average molecular weight is 317 g/mol. The fourth-order valence-electron chi connectivity index (χ4n) is 1.54. The number of rotatable bonds is 8. The summed E-state index contributed by atoms with van der Waals surface area (Å²) in [5.41, 5.74) is 0.930. The van der Waals surface area contributed by atoms with Gasteiger partial charge < -0.3 is 10.1 Å². The van der Waals surface area contributed by atoms with Crippen molar-refractivity contribution in [3.63, 3.8) is 0 Å². The molecule has 0 atom stereocenters. The smallest absolute Gasteiger partial charge is 0.205 e. The van der Waals surface area contributed by atoms with Crippen LogP contribution in [-0.2, 0) is 5.75 Å². The van der Waals surface area contributed by atoms with E-state index in [4.69, 9.17) is 16.4 Å². The monoisotopic (exact) mass is 317 g/mol. The van der Waals surface area contributed by atoms with Gasteiger partial charge in [0.05, 0.1) is 25.4 Å². The third kappa shape index (κ3) is 6.87. The van der Waals surface area contributed by atoms with Gasteiger partial charge in [0.15, 0.2) is 6.19 Å². The standard InChI is InChI=1S/C15H19N5OS/c1-3-7-18-15(20-12-16)19-9-10-22-11-13-14(21-4-2)6-5-8-17-13/h1,5-6,8H,4,7,9-11H2,2H3,(H2,18,19,20).